The van der Waals surface area contributed by atoms with Gasteiger partial charge in [-0.15, -0.1) is 0 Å². The highest BCUT2D eigenvalue weighted by molar-refractivity contribution is 6.44. The molecule has 126 valence electrons. The Hall–Kier alpha value is -0.923. The number of halogens is 4. The van der Waals surface area contributed by atoms with Crippen molar-refractivity contribution in [2.75, 3.05) is 13.2 Å². The standard InChI is InChI=1S/C15H22F4O2Si/c1-3-20-22(21-4-2)9-7-5-6-8-11-10-12(16)14(18)15(19)13(11)17/h10,22H,3-9H2,1-2H3. The van der Waals surface area contributed by atoms with Gasteiger partial charge in [-0.3, -0.25) is 0 Å². The number of aryl methyl sites for hydroxylation is 1. The van der Waals surface area contributed by atoms with Crippen LogP contribution in [0.25, 0.3) is 0 Å². The molecule has 0 N–H and O–H groups in total. The summed E-state index contributed by atoms with van der Waals surface area (Å²) in [5.74, 6) is -6.15. The van der Waals surface area contributed by atoms with Crippen LogP contribution in [0.4, 0.5) is 17.6 Å². The number of benzene rings is 1. The highest BCUT2D eigenvalue weighted by atomic mass is 28.3. The van der Waals surface area contributed by atoms with Crippen molar-refractivity contribution in [3.05, 3.63) is 34.9 Å². The van der Waals surface area contributed by atoms with Gasteiger partial charge < -0.3 is 8.85 Å². The lowest BCUT2D eigenvalue weighted by Crippen LogP contribution is -2.22. The third kappa shape index (κ3) is 5.70. The Kier molecular flexibility index (Phi) is 8.66. The Balaban J connectivity index is 2.39. The maximum Gasteiger partial charge on any atom is 0.321 e. The van der Waals surface area contributed by atoms with Crippen LogP contribution in [-0.4, -0.2) is 22.5 Å². The van der Waals surface area contributed by atoms with Crippen molar-refractivity contribution in [1.82, 2.24) is 0 Å². The summed E-state index contributed by atoms with van der Waals surface area (Å²) in [6.07, 6.45) is 2.37. The van der Waals surface area contributed by atoms with Crippen LogP contribution in [0.1, 0.15) is 38.7 Å². The van der Waals surface area contributed by atoms with E-state index in [1.807, 2.05) is 13.8 Å². The zero-order valence-electron chi connectivity index (χ0n) is 12.9. The molecule has 7 heteroatoms. The molecule has 22 heavy (non-hydrogen) atoms. The first kappa shape index (κ1) is 19.1. The SMILES string of the molecule is CCO[SiH](CCCCCc1cc(F)c(F)c(F)c1F)OCC. The summed E-state index contributed by atoms with van der Waals surface area (Å²) in [7, 11) is -1.63. The van der Waals surface area contributed by atoms with E-state index >= 15 is 0 Å². The van der Waals surface area contributed by atoms with E-state index in [-0.39, 0.29) is 12.0 Å². The molecule has 0 unspecified atom stereocenters. The van der Waals surface area contributed by atoms with E-state index in [0.717, 1.165) is 25.0 Å². The van der Waals surface area contributed by atoms with Crippen LogP contribution in [0, 0.1) is 23.3 Å². The zero-order chi connectivity index (χ0) is 16.5. The fraction of sp³-hybridized carbons (Fsp3) is 0.600. The van der Waals surface area contributed by atoms with Gasteiger partial charge in [0.15, 0.2) is 23.3 Å². The summed E-state index contributed by atoms with van der Waals surface area (Å²) in [5, 5.41) is 0. The first-order valence-electron chi connectivity index (χ1n) is 7.56. The minimum Gasteiger partial charge on any atom is -0.397 e. The predicted molar refractivity (Wildman–Crippen MR) is 79.0 cm³/mol. The molecule has 0 saturated carbocycles. The molecular formula is C15H22F4O2Si. The van der Waals surface area contributed by atoms with Crippen molar-refractivity contribution < 1.29 is 26.4 Å². The van der Waals surface area contributed by atoms with Crippen molar-refractivity contribution in [2.24, 2.45) is 0 Å². The van der Waals surface area contributed by atoms with Crippen LogP contribution in [0.15, 0.2) is 6.07 Å². The van der Waals surface area contributed by atoms with Gasteiger partial charge in [-0.25, -0.2) is 17.6 Å². The number of hydrogen-bond acceptors (Lipinski definition) is 2. The summed E-state index contributed by atoms with van der Waals surface area (Å²) < 4.78 is 63.5. The minimum absolute atomic E-state index is 0.125. The zero-order valence-corrected chi connectivity index (χ0v) is 14.1. The average Bonchev–Trinajstić information content (AvgIpc) is 2.50. The fourth-order valence-electron chi connectivity index (χ4n) is 2.19. The highest BCUT2D eigenvalue weighted by Gasteiger charge is 2.18. The fourth-order valence-corrected chi connectivity index (χ4v) is 3.99. The third-order valence-electron chi connectivity index (χ3n) is 3.27. The average molecular weight is 338 g/mol. The molecule has 1 aromatic rings. The Morgan fingerprint density at radius 2 is 1.50 bits per heavy atom. The molecule has 0 atom stereocenters. The molecule has 0 heterocycles. The van der Waals surface area contributed by atoms with Gasteiger partial charge in [0.2, 0.25) is 0 Å². The van der Waals surface area contributed by atoms with E-state index in [9.17, 15) is 17.6 Å². The largest absolute Gasteiger partial charge is 0.397 e. The Bertz CT molecular complexity index is 465. The van der Waals surface area contributed by atoms with Crippen LogP contribution in [0.3, 0.4) is 0 Å². The monoisotopic (exact) mass is 338 g/mol. The summed E-state index contributed by atoms with van der Waals surface area (Å²) >= 11 is 0. The molecule has 0 aliphatic heterocycles. The Morgan fingerprint density at radius 1 is 0.864 bits per heavy atom. The summed E-state index contributed by atoms with van der Waals surface area (Å²) in [6.45, 7) is 5.07. The van der Waals surface area contributed by atoms with E-state index < -0.39 is 32.6 Å². The summed E-state index contributed by atoms with van der Waals surface area (Å²) in [4.78, 5) is 0. The van der Waals surface area contributed by atoms with Crippen LogP contribution >= 0.6 is 0 Å². The quantitative estimate of drug-likeness (QED) is 0.209. The van der Waals surface area contributed by atoms with Crippen molar-refractivity contribution in [3.63, 3.8) is 0 Å². The lowest BCUT2D eigenvalue weighted by Gasteiger charge is -2.14. The second-order valence-corrected chi connectivity index (χ2v) is 7.00. The normalized spacial score (nSPS) is 11.4. The molecule has 0 radical (unpaired) electrons. The smallest absolute Gasteiger partial charge is 0.321 e. The Labute approximate surface area is 130 Å². The number of unbranched alkanes of at least 4 members (excludes halogenated alkanes) is 2. The molecule has 0 amide bonds. The molecule has 1 aromatic carbocycles. The lowest BCUT2D eigenvalue weighted by molar-refractivity contribution is 0.212. The second kappa shape index (κ2) is 9.97. The van der Waals surface area contributed by atoms with Gasteiger partial charge in [-0.2, -0.15) is 0 Å². The van der Waals surface area contributed by atoms with Crippen LogP contribution in [-0.2, 0) is 15.3 Å². The second-order valence-electron chi connectivity index (χ2n) is 4.90. The number of hydrogen-bond donors (Lipinski definition) is 0. The van der Waals surface area contributed by atoms with Gasteiger partial charge in [0.25, 0.3) is 0 Å². The molecule has 0 bridgehead atoms. The lowest BCUT2D eigenvalue weighted by atomic mass is 10.1. The van der Waals surface area contributed by atoms with E-state index in [1.165, 1.54) is 0 Å². The van der Waals surface area contributed by atoms with Gasteiger partial charge >= 0.3 is 9.28 Å². The van der Waals surface area contributed by atoms with Crippen molar-refractivity contribution >= 4 is 9.28 Å². The van der Waals surface area contributed by atoms with Gasteiger partial charge in [-0.05, 0) is 44.4 Å². The highest BCUT2D eigenvalue weighted by Crippen LogP contribution is 2.20. The maximum absolute atomic E-state index is 13.5. The molecule has 0 fully saturated rings. The molecule has 0 aliphatic rings. The number of rotatable bonds is 10. The summed E-state index contributed by atoms with van der Waals surface area (Å²) in [5.41, 5.74) is -0.125. The van der Waals surface area contributed by atoms with Crippen LogP contribution in [0.5, 0.6) is 0 Å². The minimum atomic E-state index is -1.76. The van der Waals surface area contributed by atoms with Crippen LogP contribution in [0.2, 0.25) is 6.04 Å². The topological polar surface area (TPSA) is 18.5 Å². The first-order valence-corrected chi connectivity index (χ1v) is 9.32. The van der Waals surface area contributed by atoms with Crippen molar-refractivity contribution in [1.29, 1.82) is 0 Å². The molecular weight excluding hydrogens is 316 g/mol. The van der Waals surface area contributed by atoms with Gasteiger partial charge in [0.05, 0.1) is 0 Å². The van der Waals surface area contributed by atoms with Gasteiger partial charge in [0.1, 0.15) is 0 Å². The van der Waals surface area contributed by atoms with E-state index in [0.29, 0.717) is 19.6 Å². The van der Waals surface area contributed by atoms with Gasteiger partial charge in [0, 0.05) is 13.2 Å². The van der Waals surface area contributed by atoms with Crippen molar-refractivity contribution in [3.8, 4) is 0 Å². The van der Waals surface area contributed by atoms with Crippen molar-refractivity contribution in [2.45, 2.75) is 45.6 Å². The van der Waals surface area contributed by atoms with E-state index in [2.05, 4.69) is 0 Å². The van der Waals surface area contributed by atoms with E-state index in [1.54, 1.807) is 0 Å². The molecule has 0 spiro atoms. The first-order chi connectivity index (χ1) is 10.5. The summed E-state index contributed by atoms with van der Waals surface area (Å²) in [6, 6.07) is 1.57. The molecule has 1 rings (SSSR count). The maximum atomic E-state index is 13.5. The Morgan fingerprint density at radius 3 is 2.09 bits per heavy atom. The molecule has 0 saturated heterocycles. The van der Waals surface area contributed by atoms with Gasteiger partial charge in [-0.1, -0.05) is 12.8 Å². The predicted octanol–water partition coefficient (Wildman–Crippen LogP) is 4.25. The third-order valence-corrected chi connectivity index (χ3v) is 5.56. The molecule has 0 aliphatic carbocycles. The molecule has 2 nitrogen and oxygen atoms in total. The van der Waals surface area contributed by atoms with E-state index in [4.69, 9.17) is 8.85 Å². The molecule has 0 aromatic heterocycles. The van der Waals surface area contributed by atoms with Crippen LogP contribution < -0.4 is 0 Å².